The summed E-state index contributed by atoms with van der Waals surface area (Å²) in [4.78, 5) is 12.1. The zero-order valence-corrected chi connectivity index (χ0v) is 15.7. The number of halogens is 2. The van der Waals surface area contributed by atoms with Crippen LogP contribution in [0.25, 0.3) is 0 Å². The van der Waals surface area contributed by atoms with Crippen molar-refractivity contribution in [3.63, 3.8) is 0 Å². The molecular weight excluding hydrogens is 338 g/mol. The van der Waals surface area contributed by atoms with Gasteiger partial charge in [-0.1, -0.05) is 29.8 Å². The van der Waals surface area contributed by atoms with Gasteiger partial charge in [-0.2, -0.15) is 8.78 Å². The molecule has 0 unspecified atom stereocenters. The van der Waals surface area contributed by atoms with Crippen LogP contribution < -0.4 is 4.74 Å². The first kappa shape index (κ1) is 19.9. The van der Waals surface area contributed by atoms with Gasteiger partial charge in [0.1, 0.15) is 5.75 Å². The minimum Gasteiger partial charge on any atom is -0.476 e. The second-order valence-corrected chi connectivity index (χ2v) is 7.03. The molecule has 0 N–H and O–H groups in total. The lowest BCUT2D eigenvalue weighted by molar-refractivity contribution is -0.163. The minimum atomic E-state index is -3.11. The summed E-state index contributed by atoms with van der Waals surface area (Å²) >= 11 is 0. The summed E-state index contributed by atoms with van der Waals surface area (Å²) in [5.74, 6) is -3.31. The molecule has 0 aliphatic rings. The lowest BCUT2D eigenvalue weighted by atomic mass is 9.99. The molecule has 26 heavy (non-hydrogen) atoms. The van der Waals surface area contributed by atoms with Crippen molar-refractivity contribution in [2.45, 2.75) is 52.2 Å². The maximum Gasteiger partial charge on any atom is 0.350 e. The Morgan fingerprint density at radius 2 is 1.38 bits per heavy atom. The van der Waals surface area contributed by atoms with E-state index in [4.69, 9.17) is 9.47 Å². The van der Waals surface area contributed by atoms with E-state index in [2.05, 4.69) is 0 Å². The number of carbonyl (C=O) groups is 1. The Kier molecular flexibility index (Phi) is 5.69. The standard InChI is InChI=1S/C21H24F2O3/c1-14(2)25-19(24)20(4,5)26-18-12-10-17(11-13-18)21(22,23)16-8-6-15(3)7-9-16/h6-14H,1-5H3. The summed E-state index contributed by atoms with van der Waals surface area (Å²) in [6, 6.07) is 11.6. The average molecular weight is 362 g/mol. The normalized spacial score (nSPS) is 12.2. The van der Waals surface area contributed by atoms with Gasteiger partial charge in [0, 0.05) is 11.1 Å². The molecule has 0 saturated heterocycles. The Balaban J connectivity index is 2.17. The lowest BCUT2D eigenvalue weighted by Gasteiger charge is -2.26. The molecule has 0 amide bonds. The van der Waals surface area contributed by atoms with E-state index in [1.165, 1.54) is 36.4 Å². The molecule has 0 saturated carbocycles. The summed E-state index contributed by atoms with van der Waals surface area (Å²) in [7, 11) is 0. The van der Waals surface area contributed by atoms with E-state index in [1.54, 1.807) is 39.8 Å². The van der Waals surface area contributed by atoms with Crippen molar-refractivity contribution in [1.29, 1.82) is 0 Å². The van der Waals surface area contributed by atoms with Crippen molar-refractivity contribution >= 4 is 5.97 Å². The third-order valence-corrected chi connectivity index (χ3v) is 3.84. The average Bonchev–Trinajstić information content (AvgIpc) is 2.54. The van der Waals surface area contributed by atoms with Gasteiger partial charge in [0.15, 0.2) is 5.60 Å². The first-order valence-electron chi connectivity index (χ1n) is 8.48. The highest BCUT2D eigenvalue weighted by Gasteiger charge is 2.35. The van der Waals surface area contributed by atoms with Gasteiger partial charge in [0.2, 0.25) is 0 Å². The third kappa shape index (κ3) is 4.59. The third-order valence-electron chi connectivity index (χ3n) is 3.84. The number of aryl methyl sites for hydroxylation is 1. The molecule has 2 aromatic rings. The zero-order chi connectivity index (χ0) is 19.5. The molecule has 0 heterocycles. The number of hydrogen-bond acceptors (Lipinski definition) is 3. The molecule has 5 heteroatoms. The van der Waals surface area contributed by atoms with Gasteiger partial charge in [-0.15, -0.1) is 0 Å². The molecule has 0 radical (unpaired) electrons. The molecule has 3 nitrogen and oxygen atoms in total. The molecular formula is C21H24F2O3. The fourth-order valence-electron chi connectivity index (χ4n) is 2.35. The molecule has 0 spiro atoms. The summed E-state index contributed by atoms with van der Waals surface area (Å²) < 4.78 is 40.1. The topological polar surface area (TPSA) is 35.5 Å². The summed E-state index contributed by atoms with van der Waals surface area (Å²) in [5, 5.41) is 0. The van der Waals surface area contributed by atoms with Crippen molar-refractivity contribution in [3.05, 3.63) is 65.2 Å². The van der Waals surface area contributed by atoms with Crippen LogP contribution >= 0.6 is 0 Å². The Hall–Kier alpha value is -2.43. The van der Waals surface area contributed by atoms with Gasteiger partial charge in [-0.05, 0) is 58.9 Å². The lowest BCUT2D eigenvalue weighted by Crippen LogP contribution is -2.40. The minimum absolute atomic E-state index is 0.0717. The Bertz CT molecular complexity index is 748. The maximum absolute atomic E-state index is 14.6. The number of hydrogen-bond donors (Lipinski definition) is 0. The van der Waals surface area contributed by atoms with Crippen molar-refractivity contribution in [1.82, 2.24) is 0 Å². The number of ether oxygens (including phenoxy) is 2. The van der Waals surface area contributed by atoms with Crippen molar-refractivity contribution < 1.29 is 23.0 Å². The predicted molar refractivity (Wildman–Crippen MR) is 96.6 cm³/mol. The number of rotatable bonds is 6. The summed E-state index contributed by atoms with van der Waals surface area (Å²) in [5.41, 5.74) is -0.511. The molecule has 0 aliphatic carbocycles. The van der Waals surface area contributed by atoms with E-state index in [1.807, 2.05) is 6.92 Å². The summed E-state index contributed by atoms with van der Waals surface area (Å²) in [6.07, 6.45) is -0.263. The number of benzene rings is 2. The maximum atomic E-state index is 14.6. The van der Waals surface area contributed by atoms with Crippen LogP contribution in [0.15, 0.2) is 48.5 Å². The van der Waals surface area contributed by atoms with Crippen molar-refractivity contribution in [3.8, 4) is 5.75 Å². The van der Waals surface area contributed by atoms with Crippen LogP contribution in [0.3, 0.4) is 0 Å². The largest absolute Gasteiger partial charge is 0.476 e. The Morgan fingerprint density at radius 3 is 1.85 bits per heavy atom. The monoisotopic (exact) mass is 362 g/mol. The fraction of sp³-hybridized carbons (Fsp3) is 0.381. The van der Waals surface area contributed by atoms with Gasteiger partial charge < -0.3 is 9.47 Å². The Morgan fingerprint density at radius 1 is 0.923 bits per heavy atom. The van der Waals surface area contributed by atoms with Gasteiger partial charge in [0.05, 0.1) is 6.10 Å². The molecule has 0 aliphatic heterocycles. The molecule has 0 fully saturated rings. The van der Waals surface area contributed by atoms with Gasteiger partial charge in [0.25, 0.3) is 5.92 Å². The van der Waals surface area contributed by atoms with E-state index in [-0.39, 0.29) is 17.2 Å². The first-order chi connectivity index (χ1) is 12.0. The van der Waals surface area contributed by atoms with E-state index in [9.17, 15) is 13.6 Å². The van der Waals surface area contributed by atoms with Gasteiger partial charge >= 0.3 is 5.97 Å². The second kappa shape index (κ2) is 7.44. The van der Waals surface area contributed by atoms with Crippen LogP contribution in [0.5, 0.6) is 5.75 Å². The number of esters is 1. The van der Waals surface area contributed by atoms with Crippen LogP contribution in [0, 0.1) is 6.92 Å². The van der Waals surface area contributed by atoms with Crippen LogP contribution in [-0.4, -0.2) is 17.7 Å². The molecule has 0 aromatic heterocycles. The highest BCUT2D eigenvalue weighted by atomic mass is 19.3. The van der Waals surface area contributed by atoms with Gasteiger partial charge in [-0.3, -0.25) is 0 Å². The molecule has 140 valence electrons. The smallest absolute Gasteiger partial charge is 0.350 e. The van der Waals surface area contributed by atoms with E-state index >= 15 is 0 Å². The summed E-state index contributed by atoms with van der Waals surface area (Å²) in [6.45, 7) is 8.49. The molecule has 2 rings (SSSR count). The SMILES string of the molecule is Cc1ccc(C(F)(F)c2ccc(OC(C)(C)C(=O)OC(C)C)cc2)cc1. The van der Waals surface area contributed by atoms with E-state index < -0.39 is 17.5 Å². The highest BCUT2D eigenvalue weighted by Crippen LogP contribution is 2.36. The molecule has 0 bridgehead atoms. The Labute approximate surface area is 152 Å². The second-order valence-electron chi connectivity index (χ2n) is 7.03. The predicted octanol–water partition coefficient (Wildman–Crippen LogP) is 5.24. The van der Waals surface area contributed by atoms with Crippen LogP contribution in [0.1, 0.15) is 44.4 Å². The first-order valence-corrected chi connectivity index (χ1v) is 8.48. The van der Waals surface area contributed by atoms with Crippen LogP contribution in [-0.2, 0) is 15.5 Å². The van der Waals surface area contributed by atoms with Crippen molar-refractivity contribution in [2.24, 2.45) is 0 Å². The fourth-order valence-corrected chi connectivity index (χ4v) is 2.35. The van der Waals surface area contributed by atoms with Crippen LogP contribution in [0.2, 0.25) is 0 Å². The molecule has 0 atom stereocenters. The van der Waals surface area contributed by atoms with E-state index in [0.29, 0.717) is 5.75 Å². The van der Waals surface area contributed by atoms with Crippen LogP contribution in [0.4, 0.5) is 8.78 Å². The number of carbonyl (C=O) groups excluding carboxylic acids is 1. The zero-order valence-electron chi connectivity index (χ0n) is 15.7. The van der Waals surface area contributed by atoms with E-state index in [0.717, 1.165) is 5.56 Å². The highest BCUT2D eigenvalue weighted by molar-refractivity contribution is 5.79. The molecule has 2 aromatic carbocycles. The van der Waals surface area contributed by atoms with Gasteiger partial charge in [-0.25, -0.2) is 4.79 Å². The van der Waals surface area contributed by atoms with Crippen molar-refractivity contribution in [2.75, 3.05) is 0 Å². The quantitative estimate of drug-likeness (QED) is 0.659. The number of alkyl halides is 2.